The molecule has 2 amide bonds. The molecule has 0 radical (unpaired) electrons. The van der Waals surface area contributed by atoms with Crippen molar-refractivity contribution in [3.8, 4) is 17.2 Å². The van der Waals surface area contributed by atoms with E-state index < -0.39 is 6.04 Å². The van der Waals surface area contributed by atoms with E-state index in [1.807, 2.05) is 30.3 Å². The molecule has 1 fully saturated rings. The number of hydrogen-bond donors (Lipinski definition) is 0. The van der Waals surface area contributed by atoms with Crippen molar-refractivity contribution in [2.75, 3.05) is 20.4 Å². The third-order valence-corrected chi connectivity index (χ3v) is 6.15. The van der Waals surface area contributed by atoms with Gasteiger partial charge in [-0.05, 0) is 23.8 Å². The van der Waals surface area contributed by atoms with E-state index in [9.17, 15) is 9.59 Å². The molecule has 0 spiro atoms. The fourth-order valence-corrected chi connectivity index (χ4v) is 4.76. The number of fused-ring (bicyclic) bond motifs is 5. The van der Waals surface area contributed by atoms with E-state index in [-0.39, 0.29) is 25.2 Å². The van der Waals surface area contributed by atoms with Crippen LogP contribution in [0.4, 0.5) is 0 Å². The van der Waals surface area contributed by atoms with Crippen LogP contribution in [0.3, 0.4) is 0 Å². The third-order valence-electron chi connectivity index (χ3n) is 6.15. The largest absolute Gasteiger partial charge is 0.454 e. The SMILES string of the molecule is CN1CC(=O)N2Cc3c(c4ccccc4n3-c3ccc4c(c3)OCO4)CC2C1=O. The van der Waals surface area contributed by atoms with Gasteiger partial charge in [-0.25, -0.2) is 0 Å². The van der Waals surface area contributed by atoms with Crippen LogP contribution in [0.25, 0.3) is 16.6 Å². The highest BCUT2D eigenvalue weighted by molar-refractivity contribution is 5.97. The van der Waals surface area contributed by atoms with Crippen molar-refractivity contribution in [3.05, 3.63) is 53.7 Å². The van der Waals surface area contributed by atoms with Crippen LogP contribution in [0.5, 0.6) is 11.5 Å². The van der Waals surface area contributed by atoms with Gasteiger partial charge in [-0.1, -0.05) is 18.2 Å². The number of rotatable bonds is 1. The number of piperazine rings is 1. The Morgan fingerprint density at radius 2 is 1.83 bits per heavy atom. The highest BCUT2D eigenvalue weighted by atomic mass is 16.7. The average molecular weight is 389 g/mol. The summed E-state index contributed by atoms with van der Waals surface area (Å²) in [5.41, 5.74) is 4.20. The van der Waals surface area contributed by atoms with E-state index in [0.29, 0.717) is 18.7 Å². The van der Waals surface area contributed by atoms with Gasteiger partial charge in [0.2, 0.25) is 18.6 Å². The predicted molar refractivity (Wildman–Crippen MR) is 105 cm³/mol. The lowest BCUT2D eigenvalue weighted by molar-refractivity contribution is -0.155. The Kier molecular flexibility index (Phi) is 3.27. The summed E-state index contributed by atoms with van der Waals surface area (Å²) in [4.78, 5) is 28.7. The van der Waals surface area contributed by atoms with Gasteiger partial charge >= 0.3 is 0 Å². The minimum Gasteiger partial charge on any atom is -0.454 e. The first-order valence-electron chi connectivity index (χ1n) is 9.67. The molecule has 0 saturated carbocycles. The van der Waals surface area contributed by atoms with Crippen molar-refractivity contribution in [2.24, 2.45) is 0 Å². The molecule has 0 aliphatic carbocycles. The number of likely N-dealkylation sites (N-methyl/N-ethyl adjacent to an activating group) is 1. The molecule has 7 nitrogen and oxygen atoms in total. The van der Waals surface area contributed by atoms with E-state index in [0.717, 1.165) is 33.6 Å². The van der Waals surface area contributed by atoms with Gasteiger partial charge in [0.15, 0.2) is 11.5 Å². The second kappa shape index (κ2) is 5.76. The van der Waals surface area contributed by atoms with Crippen molar-refractivity contribution in [1.29, 1.82) is 0 Å². The molecular formula is C22H19N3O4. The second-order valence-electron chi connectivity index (χ2n) is 7.75. The van der Waals surface area contributed by atoms with E-state index in [1.54, 1.807) is 11.9 Å². The van der Waals surface area contributed by atoms with E-state index in [1.165, 1.54) is 4.90 Å². The molecule has 0 bridgehead atoms. The second-order valence-corrected chi connectivity index (χ2v) is 7.75. The summed E-state index contributed by atoms with van der Waals surface area (Å²) in [6, 6.07) is 13.6. The summed E-state index contributed by atoms with van der Waals surface area (Å²) in [5.74, 6) is 1.45. The van der Waals surface area contributed by atoms with Gasteiger partial charge in [-0.15, -0.1) is 0 Å². The molecule has 1 atom stereocenters. The standard InChI is InChI=1S/C22H19N3O4/c1-23-11-21(26)24-10-18-15(9-17(24)22(23)27)14-4-2-3-5-16(14)25(18)13-6-7-19-20(8-13)29-12-28-19/h2-8,17H,9-12H2,1H3. The van der Waals surface area contributed by atoms with Gasteiger partial charge in [-0.2, -0.15) is 0 Å². The van der Waals surface area contributed by atoms with Crippen LogP contribution in [0, 0.1) is 0 Å². The maximum Gasteiger partial charge on any atom is 0.245 e. The molecule has 1 unspecified atom stereocenters. The predicted octanol–water partition coefficient (Wildman–Crippen LogP) is 2.08. The van der Waals surface area contributed by atoms with Gasteiger partial charge in [0.05, 0.1) is 18.6 Å². The molecule has 29 heavy (non-hydrogen) atoms. The molecule has 4 heterocycles. The van der Waals surface area contributed by atoms with Gasteiger partial charge in [-0.3, -0.25) is 9.59 Å². The summed E-state index contributed by atoms with van der Waals surface area (Å²) in [6.07, 6.45) is 0.530. The van der Waals surface area contributed by atoms with Crippen LogP contribution in [0.15, 0.2) is 42.5 Å². The van der Waals surface area contributed by atoms with Gasteiger partial charge < -0.3 is 23.8 Å². The van der Waals surface area contributed by atoms with E-state index in [2.05, 4.69) is 16.7 Å². The molecule has 3 aromatic rings. The number of amides is 2. The van der Waals surface area contributed by atoms with Crippen LogP contribution >= 0.6 is 0 Å². The number of benzene rings is 2. The normalized spacial score (nSPS) is 20.2. The van der Waals surface area contributed by atoms with Crippen molar-refractivity contribution >= 4 is 22.7 Å². The van der Waals surface area contributed by atoms with E-state index in [4.69, 9.17) is 9.47 Å². The maximum atomic E-state index is 12.8. The van der Waals surface area contributed by atoms with Gasteiger partial charge in [0.25, 0.3) is 0 Å². The minimum atomic E-state index is -0.426. The number of hydrogen-bond acceptors (Lipinski definition) is 4. The fourth-order valence-electron chi connectivity index (χ4n) is 4.76. The quantitative estimate of drug-likeness (QED) is 0.639. The first kappa shape index (κ1) is 16.5. The van der Waals surface area contributed by atoms with Crippen molar-refractivity contribution in [2.45, 2.75) is 19.0 Å². The molecule has 1 aromatic heterocycles. The topological polar surface area (TPSA) is 64.0 Å². The van der Waals surface area contributed by atoms with Crippen molar-refractivity contribution in [3.63, 3.8) is 0 Å². The smallest absolute Gasteiger partial charge is 0.245 e. The Bertz CT molecular complexity index is 1200. The summed E-state index contributed by atoms with van der Waals surface area (Å²) in [7, 11) is 1.70. The Morgan fingerprint density at radius 1 is 1.00 bits per heavy atom. The molecule has 1 saturated heterocycles. The highest BCUT2D eigenvalue weighted by Crippen LogP contribution is 2.39. The lowest BCUT2D eigenvalue weighted by atomic mass is 9.94. The zero-order valence-electron chi connectivity index (χ0n) is 15.9. The monoisotopic (exact) mass is 389 g/mol. The average Bonchev–Trinajstić information content (AvgIpc) is 3.32. The lowest BCUT2D eigenvalue weighted by Gasteiger charge is -2.41. The van der Waals surface area contributed by atoms with Crippen LogP contribution in [-0.4, -0.2) is 52.6 Å². The Morgan fingerprint density at radius 3 is 2.72 bits per heavy atom. The van der Waals surface area contributed by atoms with Crippen LogP contribution in [0.1, 0.15) is 11.3 Å². The Labute approximate surface area is 167 Å². The zero-order chi connectivity index (χ0) is 19.7. The lowest BCUT2D eigenvalue weighted by Crippen LogP contribution is -2.60. The number of carbonyl (C=O) groups excluding carboxylic acids is 2. The maximum absolute atomic E-state index is 12.8. The molecule has 6 rings (SSSR count). The minimum absolute atomic E-state index is 0.00903. The number of ether oxygens (including phenoxy) is 2. The van der Waals surface area contributed by atoms with Crippen LogP contribution < -0.4 is 9.47 Å². The fraction of sp³-hybridized carbons (Fsp3) is 0.273. The Balaban J connectivity index is 1.57. The van der Waals surface area contributed by atoms with Gasteiger partial charge in [0, 0.05) is 36.3 Å². The molecule has 3 aliphatic rings. The van der Waals surface area contributed by atoms with Gasteiger partial charge in [0.1, 0.15) is 6.04 Å². The summed E-state index contributed by atoms with van der Waals surface area (Å²) in [5, 5.41) is 1.12. The number of para-hydroxylation sites is 1. The first-order chi connectivity index (χ1) is 14.1. The number of aromatic nitrogens is 1. The number of nitrogens with zero attached hydrogens (tertiary/aromatic N) is 3. The summed E-state index contributed by atoms with van der Waals surface area (Å²) < 4.78 is 13.2. The van der Waals surface area contributed by atoms with Crippen molar-refractivity contribution < 1.29 is 19.1 Å². The molecular weight excluding hydrogens is 370 g/mol. The van der Waals surface area contributed by atoms with Crippen LogP contribution in [0.2, 0.25) is 0 Å². The highest BCUT2D eigenvalue weighted by Gasteiger charge is 2.42. The molecule has 3 aliphatic heterocycles. The van der Waals surface area contributed by atoms with Crippen molar-refractivity contribution in [1.82, 2.24) is 14.4 Å². The molecule has 0 N–H and O–H groups in total. The first-order valence-corrected chi connectivity index (χ1v) is 9.67. The number of carbonyl (C=O) groups is 2. The summed E-state index contributed by atoms with van der Waals surface area (Å²) >= 11 is 0. The summed E-state index contributed by atoms with van der Waals surface area (Å²) in [6.45, 7) is 0.777. The molecule has 7 heteroatoms. The van der Waals surface area contributed by atoms with E-state index >= 15 is 0 Å². The molecule has 2 aromatic carbocycles. The Hall–Kier alpha value is -3.48. The van der Waals surface area contributed by atoms with Crippen LogP contribution in [-0.2, 0) is 22.6 Å². The zero-order valence-corrected chi connectivity index (χ0v) is 15.9. The molecule has 146 valence electrons. The third kappa shape index (κ3) is 2.24.